The molecule has 7 heteroatoms. The fourth-order valence-electron chi connectivity index (χ4n) is 4.17. The molecule has 1 amide bonds. The van der Waals surface area contributed by atoms with Crippen molar-refractivity contribution in [1.82, 2.24) is 4.90 Å². The standard InChI is InChI=1S/C25H17ClFNO4/c26-16-9-10-20-18(12-16)23(30)21-22(15-7-4-8-17(27)11-15)28(25(31)24(21)32-20)13-19(29)14-5-2-1-3-6-14/h1-12,19,22,29H,13H2. The van der Waals surface area contributed by atoms with Crippen LogP contribution in [0.4, 0.5) is 4.39 Å². The topological polar surface area (TPSA) is 70.8 Å². The number of rotatable bonds is 4. The molecule has 0 saturated carbocycles. The number of amides is 1. The smallest absolute Gasteiger partial charge is 0.291 e. The zero-order chi connectivity index (χ0) is 22.4. The van der Waals surface area contributed by atoms with E-state index in [9.17, 15) is 19.1 Å². The van der Waals surface area contributed by atoms with E-state index >= 15 is 0 Å². The lowest BCUT2D eigenvalue weighted by Gasteiger charge is -2.27. The van der Waals surface area contributed by atoms with Crippen LogP contribution in [0.25, 0.3) is 11.0 Å². The largest absolute Gasteiger partial charge is 0.450 e. The van der Waals surface area contributed by atoms with Gasteiger partial charge < -0.3 is 14.4 Å². The van der Waals surface area contributed by atoms with E-state index in [0.29, 0.717) is 16.1 Å². The van der Waals surface area contributed by atoms with Crippen molar-refractivity contribution in [2.24, 2.45) is 0 Å². The van der Waals surface area contributed by atoms with Crippen LogP contribution in [0.1, 0.15) is 39.4 Å². The number of benzene rings is 3. The summed E-state index contributed by atoms with van der Waals surface area (Å²) in [5.74, 6) is -1.15. The molecule has 1 N–H and O–H groups in total. The van der Waals surface area contributed by atoms with Gasteiger partial charge in [0.2, 0.25) is 5.76 Å². The molecule has 32 heavy (non-hydrogen) atoms. The molecule has 1 aliphatic rings. The SMILES string of the molecule is O=C1c2oc3ccc(Cl)cc3c(=O)c2C(c2cccc(F)c2)N1CC(O)c1ccccc1. The molecule has 0 radical (unpaired) electrons. The lowest BCUT2D eigenvalue weighted by molar-refractivity contribution is 0.0583. The van der Waals surface area contributed by atoms with Crippen LogP contribution in [-0.4, -0.2) is 22.5 Å². The molecule has 2 unspecified atom stereocenters. The highest BCUT2D eigenvalue weighted by Crippen LogP contribution is 2.39. The van der Waals surface area contributed by atoms with Gasteiger partial charge in [-0.15, -0.1) is 0 Å². The molecule has 0 saturated heterocycles. The highest BCUT2D eigenvalue weighted by atomic mass is 35.5. The van der Waals surface area contributed by atoms with Gasteiger partial charge in [0, 0.05) is 5.02 Å². The molecular weight excluding hydrogens is 433 g/mol. The van der Waals surface area contributed by atoms with Gasteiger partial charge in [0.05, 0.1) is 29.6 Å². The Kier molecular flexibility index (Phi) is 5.04. The van der Waals surface area contributed by atoms with Crippen LogP contribution >= 0.6 is 11.6 Å². The average molecular weight is 450 g/mol. The molecule has 0 fully saturated rings. The van der Waals surface area contributed by atoms with Crippen molar-refractivity contribution in [2.45, 2.75) is 12.1 Å². The van der Waals surface area contributed by atoms with Gasteiger partial charge in [-0.1, -0.05) is 54.1 Å². The highest BCUT2D eigenvalue weighted by Gasteiger charge is 2.43. The van der Waals surface area contributed by atoms with Gasteiger partial charge in [-0.05, 0) is 41.5 Å². The minimum Gasteiger partial charge on any atom is -0.450 e. The summed E-state index contributed by atoms with van der Waals surface area (Å²) in [5, 5.41) is 11.4. The molecule has 0 aliphatic carbocycles. The van der Waals surface area contributed by atoms with Crippen LogP contribution in [0.15, 0.2) is 82.0 Å². The van der Waals surface area contributed by atoms with Crippen molar-refractivity contribution in [3.05, 3.63) is 116 Å². The maximum atomic E-state index is 14.1. The van der Waals surface area contributed by atoms with Crippen LogP contribution in [0.3, 0.4) is 0 Å². The third kappa shape index (κ3) is 3.38. The number of hydrogen-bond donors (Lipinski definition) is 1. The van der Waals surface area contributed by atoms with Crippen molar-refractivity contribution in [2.75, 3.05) is 6.54 Å². The Labute approximate surface area is 187 Å². The number of fused-ring (bicyclic) bond motifs is 2. The quantitative estimate of drug-likeness (QED) is 0.483. The molecule has 2 heterocycles. The summed E-state index contributed by atoms with van der Waals surface area (Å²) in [7, 11) is 0. The number of β-amino-alcohol motifs (C(OH)–C–C–N with tert-alkyl or cyclic N) is 1. The van der Waals surface area contributed by atoms with Gasteiger partial charge >= 0.3 is 0 Å². The second kappa shape index (κ2) is 7.89. The molecule has 0 spiro atoms. The average Bonchev–Trinajstić information content (AvgIpc) is 3.07. The molecule has 160 valence electrons. The third-order valence-corrected chi connectivity index (χ3v) is 5.88. The summed E-state index contributed by atoms with van der Waals surface area (Å²) in [6, 6.07) is 18.3. The van der Waals surface area contributed by atoms with E-state index in [1.54, 1.807) is 36.4 Å². The molecule has 0 bridgehead atoms. The Morgan fingerprint density at radius 2 is 1.81 bits per heavy atom. The summed E-state index contributed by atoms with van der Waals surface area (Å²) in [4.78, 5) is 28.1. The maximum Gasteiger partial charge on any atom is 0.291 e. The van der Waals surface area contributed by atoms with Crippen molar-refractivity contribution in [1.29, 1.82) is 0 Å². The van der Waals surface area contributed by atoms with E-state index in [4.69, 9.17) is 16.0 Å². The van der Waals surface area contributed by atoms with Gasteiger partial charge in [0.15, 0.2) is 5.43 Å². The predicted octanol–water partition coefficient (Wildman–Crippen LogP) is 4.86. The predicted molar refractivity (Wildman–Crippen MR) is 118 cm³/mol. The summed E-state index contributed by atoms with van der Waals surface area (Å²) in [5.41, 5.74) is 0.949. The molecule has 1 aliphatic heterocycles. The Balaban J connectivity index is 1.69. The normalized spacial score (nSPS) is 16.4. The number of aliphatic hydroxyl groups is 1. The molecule has 4 aromatic rings. The number of nitrogens with zero attached hydrogens (tertiary/aromatic N) is 1. The molecule has 2 atom stereocenters. The molecule has 1 aromatic heterocycles. The van der Waals surface area contributed by atoms with Gasteiger partial charge in [-0.3, -0.25) is 9.59 Å². The number of halogens is 2. The Morgan fingerprint density at radius 3 is 2.56 bits per heavy atom. The van der Waals surface area contributed by atoms with E-state index in [2.05, 4.69) is 0 Å². The number of carbonyl (C=O) groups is 1. The van der Waals surface area contributed by atoms with Crippen LogP contribution in [-0.2, 0) is 0 Å². The van der Waals surface area contributed by atoms with Gasteiger partial charge in [0.1, 0.15) is 11.4 Å². The monoisotopic (exact) mass is 449 g/mol. The van der Waals surface area contributed by atoms with E-state index < -0.39 is 29.3 Å². The molecule has 3 aromatic carbocycles. The van der Waals surface area contributed by atoms with Gasteiger partial charge in [0.25, 0.3) is 5.91 Å². The third-order valence-electron chi connectivity index (χ3n) is 5.65. The second-order valence-corrected chi connectivity index (χ2v) is 8.09. The fraction of sp³-hybridized carbons (Fsp3) is 0.120. The van der Waals surface area contributed by atoms with Crippen molar-refractivity contribution < 1.29 is 18.7 Å². The van der Waals surface area contributed by atoms with Crippen LogP contribution in [0.5, 0.6) is 0 Å². The summed E-state index contributed by atoms with van der Waals surface area (Å²) < 4.78 is 19.9. The van der Waals surface area contributed by atoms with Crippen molar-refractivity contribution >= 4 is 28.5 Å². The lowest BCUT2D eigenvalue weighted by atomic mass is 9.98. The Morgan fingerprint density at radius 1 is 1.03 bits per heavy atom. The first kappa shape index (κ1) is 20.4. The van der Waals surface area contributed by atoms with E-state index in [1.165, 1.54) is 35.2 Å². The first-order valence-corrected chi connectivity index (χ1v) is 10.4. The minimum atomic E-state index is -1.01. The van der Waals surface area contributed by atoms with Crippen molar-refractivity contribution in [3.63, 3.8) is 0 Å². The second-order valence-electron chi connectivity index (χ2n) is 7.66. The summed E-state index contributed by atoms with van der Waals surface area (Å²) >= 11 is 6.07. The maximum absolute atomic E-state index is 14.1. The molecular formula is C25H17ClFNO4. The number of carbonyl (C=O) groups excluding carboxylic acids is 1. The molecule has 5 rings (SSSR count). The fourth-order valence-corrected chi connectivity index (χ4v) is 4.34. The van der Waals surface area contributed by atoms with Crippen LogP contribution < -0.4 is 5.43 Å². The number of hydrogen-bond acceptors (Lipinski definition) is 4. The first-order valence-electron chi connectivity index (χ1n) is 10.00. The summed E-state index contributed by atoms with van der Waals surface area (Å²) in [6.45, 7) is -0.106. The molecule has 5 nitrogen and oxygen atoms in total. The van der Waals surface area contributed by atoms with Crippen molar-refractivity contribution in [3.8, 4) is 0 Å². The number of aliphatic hydroxyl groups excluding tert-OH is 1. The Hall–Kier alpha value is -3.48. The zero-order valence-corrected chi connectivity index (χ0v) is 17.4. The van der Waals surface area contributed by atoms with E-state index in [-0.39, 0.29) is 28.8 Å². The van der Waals surface area contributed by atoms with E-state index in [0.717, 1.165) is 0 Å². The minimum absolute atomic E-state index is 0.106. The van der Waals surface area contributed by atoms with Gasteiger partial charge in [-0.25, -0.2) is 4.39 Å². The lowest BCUT2D eigenvalue weighted by Crippen LogP contribution is -2.33. The van der Waals surface area contributed by atoms with Crippen LogP contribution in [0, 0.1) is 5.82 Å². The van der Waals surface area contributed by atoms with Gasteiger partial charge in [-0.2, -0.15) is 0 Å². The van der Waals surface area contributed by atoms with Crippen LogP contribution in [0.2, 0.25) is 5.02 Å². The van der Waals surface area contributed by atoms with E-state index in [1.807, 2.05) is 6.07 Å². The highest BCUT2D eigenvalue weighted by molar-refractivity contribution is 6.31. The first-order chi connectivity index (χ1) is 15.4. The Bertz CT molecular complexity index is 1400. The zero-order valence-electron chi connectivity index (χ0n) is 16.7. The summed E-state index contributed by atoms with van der Waals surface area (Å²) in [6.07, 6.45) is -1.01.